The number of hydrogen-bond acceptors (Lipinski definition) is 3. The molecule has 0 bridgehead atoms. The highest BCUT2D eigenvalue weighted by molar-refractivity contribution is 7.94. The Morgan fingerprint density at radius 3 is 3.21 bits per heavy atom. The third-order valence-electron chi connectivity index (χ3n) is 1.53. The fourth-order valence-corrected chi connectivity index (χ4v) is 1.20. The summed E-state index contributed by atoms with van der Waals surface area (Å²) >= 11 is 0.0828. The van der Waals surface area contributed by atoms with Crippen molar-refractivity contribution in [1.82, 2.24) is 4.98 Å². The zero-order chi connectivity index (χ0) is 10.2. The molecule has 0 radical (unpaired) electrons. The fourth-order valence-electron chi connectivity index (χ4n) is 0.900. The van der Waals surface area contributed by atoms with Crippen molar-refractivity contribution in [3.05, 3.63) is 18.3 Å². The topological polar surface area (TPSA) is 22.1 Å². The quantitative estimate of drug-likeness (QED) is 0.552. The van der Waals surface area contributed by atoms with E-state index in [1.807, 2.05) is 0 Å². The zero-order valence-corrected chi connectivity index (χ0v) is 8.39. The van der Waals surface area contributed by atoms with Crippen molar-refractivity contribution in [3.8, 4) is 18.1 Å². The average Bonchev–Trinajstić information content (AvgIpc) is 2.25. The predicted octanol–water partition coefficient (Wildman–Crippen LogP) is 2.85. The van der Waals surface area contributed by atoms with Gasteiger partial charge in [0.15, 0.2) is 10.8 Å². The Morgan fingerprint density at radius 2 is 2.50 bits per heavy atom. The minimum Gasteiger partial charge on any atom is -0.491 e. The number of halogens is 1. The standard InChI is InChI=1S/C10H10FNOS/c1-2-3-4-8-13-9-6-5-7-12-10(9)14-11/h1,5-7H,3-4,8H2. The lowest BCUT2D eigenvalue weighted by Gasteiger charge is -2.06. The Hall–Kier alpha value is -1.21. The summed E-state index contributed by atoms with van der Waals surface area (Å²) in [4.78, 5) is 3.82. The highest BCUT2D eigenvalue weighted by Gasteiger charge is 2.04. The second-order valence-corrected chi connectivity index (χ2v) is 3.08. The van der Waals surface area contributed by atoms with E-state index in [4.69, 9.17) is 11.2 Å². The van der Waals surface area contributed by atoms with Gasteiger partial charge in [0.25, 0.3) is 0 Å². The average molecular weight is 211 g/mol. The molecule has 0 aliphatic rings. The molecule has 4 heteroatoms. The maximum atomic E-state index is 12.3. The Labute approximate surface area is 87.2 Å². The van der Waals surface area contributed by atoms with Crippen molar-refractivity contribution < 1.29 is 8.62 Å². The molecule has 0 spiro atoms. The molecule has 74 valence electrons. The van der Waals surface area contributed by atoms with E-state index in [0.29, 0.717) is 18.8 Å². The summed E-state index contributed by atoms with van der Waals surface area (Å²) in [6, 6.07) is 3.39. The summed E-state index contributed by atoms with van der Waals surface area (Å²) in [7, 11) is 0. The zero-order valence-electron chi connectivity index (χ0n) is 7.57. The van der Waals surface area contributed by atoms with Gasteiger partial charge in [-0.25, -0.2) is 4.98 Å². The van der Waals surface area contributed by atoms with E-state index < -0.39 is 0 Å². The van der Waals surface area contributed by atoms with E-state index in [9.17, 15) is 3.89 Å². The van der Waals surface area contributed by atoms with Crippen molar-refractivity contribution in [1.29, 1.82) is 0 Å². The third-order valence-corrected chi connectivity index (χ3v) is 1.99. The smallest absolute Gasteiger partial charge is 0.171 e. The minimum absolute atomic E-state index is 0.0828. The van der Waals surface area contributed by atoms with Crippen molar-refractivity contribution in [2.24, 2.45) is 0 Å². The summed E-state index contributed by atoms with van der Waals surface area (Å²) < 4.78 is 17.6. The SMILES string of the molecule is C#CCCCOc1cccnc1SF. The molecule has 14 heavy (non-hydrogen) atoms. The van der Waals surface area contributed by atoms with E-state index >= 15 is 0 Å². The summed E-state index contributed by atoms with van der Waals surface area (Å²) in [5.74, 6) is 2.98. The first-order valence-electron chi connectivity index (χ1n) is 4.18. The highest BCUT2D eigenvalue weighted by Crippen LogP contribution is 2.26. The second kappa shape index (κ2) is 6.28. The number of ether oxygens (including phenoxy) is 1. The van der Waals surface area contributed by atoms with Crippen LogP contribution in [0.3, 0.4) is 0 Å². The van der Waals surface area contributed by atoms with Gasteiger partial charge in [-0.2, -0.15) is 3.89 Å². The third kappa shape index (κ3) is 3.27. The Morgan fingerprint density at radius 1 is 1.64 bits per heavy atom. The molecule has 0 aliphatic heterocycles. The van der Waals surface area contributed by atoms with Gasteiger partial charge in [0.05, 0.1) is 6.61 Å². The molecule has 0 saturated heterocycles. The van der Waals surface area contributed by atoms with Crippen molar-refractivity contribution in [2.75, 3.05) is 6.61 Å². The number of terminal acetylenes is 1. The lowest BCUT2D eigenvalue weighted by Crippen LogP contribution is -1.98. The second-order valence-electron chi connectivity index (χ2n) is 2.54. The molecule has 1 aromatic rings. The van der Waals surface area contributed by atoms with Crippen LogP contribution in [0.25, 0.3) is 0 Å². The van der Waals surface area contributed by atoms with E-state index in [2.05, 4.69) is 10.9 Å². The number of unbranched alkanes of at least 4 members (excludes halogenated alkanes) is 1. The van der Waals surface area contributed by atoms with Crippen molar-refractivity contribution in [3.63, 3.8) is 0 Å². The largest absolute Gasteiger partial charge is 0.491 e. The summed E-state index contributed by atoms with van der Waals surface area (Å²) in [5.41, 5.74) is 0. The molecule has 0 aromatic carbocycles. The number of nitrogens with zero attached hydrogens (tertiary/aromatic N) is 1. The molecule has 0 fully saturated rings. The number of aromatic nitrogens is 1. The number of pyridine rings is 1. The normalized spacial score (nSPS) is 9.43. The van der Waals surface area contributed by atoms with Gasteiger partial charge in [0.2, 0.25) is 0 Å². The Balaban J connectivity index is 2.46. The van der Waals surface area contributed by atoms with Crippen LogP contribution in [0.1, 0.15) is 12.8 Å². The van der Waals surface area contributed by atoms with Crippen molar-refractivity contribution in [2.45, 2.75) is 17.9 Å². The van der Waals surface area contributed by atoms with Crippen molar-refractivity contribution >= 4 is 12.1 Å². The van der Waals surface area contributed by atoms with Crippen LogP contribution < -0.4 is 4.74 Å². The lowest BCUT2D eigenvalue weighted by molar-refractivity contribution is 0.303. The molecule has 0 saturated carbocycles. The molecule has 0 aliphatic carbocycles. The van der Waals surface area contributed by atoms with E-state index in [0.717, 1.165) is 6.42 Å². The number of rotatable bonds is 5. The van der Waals surface area contributed by atoms with Crippen LogP contribution in [0.4, 0.5) is 3.89 Å². The Bertz CT molecular complexity index is 324. The maximum Gasteiger partial charge on any atom is 0.171 e. The van der Waals surface area contributed by atoms with Gasteiger partial charge >= 0.3 is 0 Å². The molecule has 0 atom stereocenters. The van der Waals surface area contributed by atoms with Crippen LogP contribution in [-0.4, -0.2) is 11.6 Å². The first-order valence-corrected chi connectivity index (χ1v) is 4.90. The van der Waals surface area contributed by atoms with Gasteiger partial charge < -0.3 is 4.74 Å². The monoisotopic (exact) mass is 211 g/mol. The van der Waals surface area contributed by atoms with Gasteiger partial charge in [0, 0.05) is 12.6 Å². The molecule has 1 rings (SSSR count). The van der Waals surface area contributed by atoms with Crippen LogP contribution in [0.15, 0.2) is 23.4 Å². The molecule has 2 nitrogen and oxygen atoms in total. The van der Waals surface area contributed by atoms with Gasteiger partial charge in [-0.15, -0.1) is 12.3 Å². The molecule has 0 N–H and O–H groups in total. The van der Waals surface area contributed by atoms with Crippen LogP contribution in [0.5, 0.6) is 5.75 Å². The van der Waals surface area contributed by atoms with Gasteiger partial charge in [0.1, 0.15) is 12.1 Å². The molecule has 1 aromatic heterocycles. The van der Waals surface area contributed by atoms with Crippen LogP contribution in [0.2, 0.25) is 0 Å². The lowest BCUT2D eigenvalue weighted by atomic mass is 10.3. The molecule has 0 unspecified atom stereocenters. The Kier molecular flexibility index (Phi) is 4.87. The number of hydrogen-bond donors (Lipinski definition) is 0. The maximum absolute atomic E-state index is 12.3. The predicted molar refractivity (Wildman–Crippen MR) is 54.8 cm³/mol. The summed E-state index contributed by atoms with van der Waals surface area (Å²) in [6.45, 7) is 0.490. The van der Waals surface area contributed by atoms with Crippen LogP contribution in [0, 0.1) is 12.3 Å². The first-order chi connectivity index (χ1) is 6.88. The molecular weight excluding hydrogens is 201 g/mol. The van der Waals surface area contributed by atoms with E-state index in [1.54, 1.807) is 12.1 Å². The summed E-state index contributed by atoms with van der Waals surface area (Å²) in [6.07, 6.45) is 8.04. The molecule has 0 amide bonds. The fraction of sp³-hybridized carbons (Fsp3) is 0.300. The van der Waals surface area contributed by atoms with E-state index in [-0.39, 0.29) is 17.2 Å². The molecule has 1 heterocycles. The minimum atomic E-state index is 0.0828. The van der Waals surface area contributed by atoms with Gasteiger partial charge in [-0.1, -0.05) is 0 Å². The van der Waals surface area contributed by atoms with E-state index in [1.165, 1.54) is 6.20 Å². The van der Waals surface area contributed by atoms with Gasteiger partial charge in [-0.3, -0.25) is 0 Å². The van der Waals surface area contributed by atoms with Gasteiger partial charge in [-0.05, 0) is 18.6 Å². The first kappa shape index (κ1) is 10.9. The van der Waals surface area contributed by atoms with Crippen LogP contribution >= 0.6 is 12.1 Å². The summed E-state index contributed by atoms with van der Waals surface area (Å²) in [5, 5.41) is 0.258. The van der Waals surface area contributed by atoms with Crippen LogP contribution in [-0.2, 0) is 0 Å². The highest BCUT2D eigenvalue weighted by atomic mass is 32.2. The molecular formula is C10H10FNOS.